The number of phenols is 1. The first-order chi connectivity index (χ1) is 11.6. The van der Waals surface area contributed by atoms with Gasteiger partial charge in [0.1, 0.15) is 11.4 Å². The van der Waals surface area contributed by atoms with Crippen LogP contribution < -0.4 is 5.32 Å². The van der Waals surface area contributed by atoms with Gasteiger partial charge in [0.25, 0.3) is 0 Å². The van der Waals surface area contributed by atoms with Crippen LogP contribution in [0.1, 0.15) is 40.5 Å². The van der Waals surface area contributed by atoms with Crippen LogP contribution in [0.3, 0.4) is 0 Å². The maximum absolute atomic E-state index is 12.5. The van der Waals surface area contributed by atoms with E-state index in [0.29, 0.717) is 23.6 Å². The lowest BCUT2D eigenvalue weighted by Crippen LogP contribution is -2.49. The Labute approximate surface area is 153 Å². The maximum atomic E-state index is 12.5. The van der Waals surface area contributed by atoms with E-state index in [1.54, 1.807) is 17.0 Å². The van der Waals surface area contributed by atoms with E-state index < -0.39 is 11.7 Å². The van der Waals surface area contributed by atoms with Crippen molar-refractivity contribution in [3.63, 3.8) is 0 Å². The van der Waals surface area contributed by atoms with Gasteiger partial charge in [0.15, 0.2) is 0 Å². The third kappa shape index (κ3) is 5.26. The highest BCUT2D eigenvalue weighted by Crippen LogP contribution is 2.29. The van der Waals surface area contributed by atoms with Gasteiger partial charge in [-0.3, -0.25) is 4.79 Å². The van der Waals surface area contributed by atoms with Crippen LogP contribution in [0.25, 0.3) is 0 Å². The van der Waals surface area contributed by atoms with E-state index in [2.05, 4.69) is 5.32 Å². The Morgan fingerprint density at radius 1 is 1.32 bits per heavy atom. The average Bonchev–Trinajstić information content (AvgIpc) is 2.48. The number of likely N-dealkylation sites (tertiary alicyclic amines) is 1. The van der Waals surface area contributed by atoms with Gasteiger partial charge in [0.2, 0.25) is 5.91 Å². The van der Waals surface area contributed by atoms with Gasteiger partial charge < -0.3 is 20.1 Å². The summed E-state index contributed by atoms with van der Waals surface area (Å²) in [6.45, 7) is 7.67. The monoisotopic (exact) mass is 368 g/mol. The molecule has 2 N–H and O–H groups in total. The molecule has 1 fully saturated rings. The van der Waals surface area contributed by atoms with Crippen molar-refractivity contribution in [2.24, 2.45) is 5.92 Å². The number of benzene rings is 1. The zero-order valence-corrected chi connectivity index (χ0v) is 15.8. The number of amides is 2. The molecule has 1 aliphatic rings. The molecule has 0 aromatic heterocycles. The molecular formula is C18H25ClN2O4. The molecule has 1 aromatic rings. The Morgan fingerprint density at radius 2 is 2.00 bits per heavy atom. The average molecular weight is 369 g/mol. The van der Waals surface area contributed by atoms with Crippen molar-refractivity contribution < 1.29 is 19.4 Å². The number of hydrogen-bond acceptors (Lipinski definition) is 4. The molecule has 0 aliphatic carbocycles. The molecule has 2 amide bonds. The van der Waals surface area contributed by atoms with Gasteiger partial charge in [0.05, 0.1) is 11.6 Å². The van der Waals surface area contributed by atoms with Crippen LogP contribution >= 0.6 is 11.6 Å². The normalized spacial score (nSPS) is 20.9. The number of hydrogen-bond donors (Lipinski definition) is 2. The van der Waals surface area contributed by atoms with Crippen LogP contribution in [0.5, 0.6) is 5.75 Å². The fourth-order valence-electron chi connectivity index (χ4n) is 2.74. The van der Waals surface area contributed by atoms with Crippen LogP contribution in [0.2, 0.25) is 5.02 Å². The van der Waals surface area contributed by atoms with Crippen molar-refractivity contribution in [2.45, 2.75) is 52.2 Å². The SMILES string of the molecule is C[C@@H]1CC[C@@H](C(=O)Nc2ccc(Cl)cc2O)CN1C(=O)OC(C)(C)C. The molecule has 0 unspecified atom stereocenters. The quantitative estimate of drug-likeness (QED) is 0.773. The zero-order chi connectivity index (χ0) is 18.8. The molecule has 1 aliphatic heterocycles. The molecule has 0 spiro atoms. The van der Waals surface area contributed by atoms with Gasteiger partial charge in [-0.05, 0) is 52.7 Å². The summed E-state index contributed by atoms with van der Waals surface area (Å²) in [5.74, 6) is -0.689. The lowest BCUT2D eigenvalue weighted by molar-refractivity contribution is -0.121. The smallest absolute Gasteiger partial charge is 0.410 e. The highest BCUT2D eigenvalue weighted by atomic mass is 35.5. The number of carbonyl (C=O) groups is 2. The molecule has 1 saturated heterocycles. The highest BCUT2D eigenvalue weighted by molar-refractivity contribution is 6.30. The van der Waals surface area contributed by atoms with Crippen molar-refractivity contribution in [1.82, 2.24) is 4.90 Å². The number of nitrogens with zero attached hydrogens (tertiary/aromatic N) is 1. The van der Waals surface area contributed by atoms with Crippen LogP contribution in [0.4, 0.5) is 10.5 Å². The summed E-state index contributed by atoms with van der Waals surface area (Å²) in [4.78, 5) is 26.5. The Bertz CT molecular complexity index is 657. The maximum Gasteiger partial charge on any atom is 0.410 e. The molecule has 2 atom stereocenters. The molecule has 138 valence electrons. The van der Waals surface area contributed by atoms with Gasteiger partial charge in [-0.15, -0.1) is 0 Å². The number of carbonyl (C=O) groups excluding carboxylic acids is 2. The first-order valence-electron chi connectivity index (χ1n) is 8.36. The number of ether oxygens (including phenoxy) is 1. The van der Waals surface area contributed by atoms with Crippen molar-refractivity contribution in [3.8, 4) is 5.75 Å². The number of aromatic hydroxyl groups is 1. The van der Waals surface area contributed by atoms with Gasteiger partial charge >= 0.3 is 6.09 Å². The Morgan fingerprint density at radius 3 is 2.60 bits per heavy atom. The molecule has 7 heteroatoms. The third-order valence-corrected chi connectivity index (χ3v) is 4.33. The molecule has 1 aromatic carbocycles. The molecule has 0 radical (unpaired) electrons. The molecule has 2 rings (SSSR count). The van der Waals surface area contributed by atoms with Crippen LogP contribution in [-0.4, -0.2) is 40.2 Å². The van der Waals surface area contributed by atoms with Gasteiger partial charge in [-0.1, -0.05) is 11.6 Å². The second-order valence-electron chi connectivity index (χ2n) is 7.41. The number of anilines is 1. The van der Waals surface area contributed by atoms with Gasteiger partial charge in [-0.2, -0.15) is 0 Å². The Hall–Kier alpha value is -1.95. The minimum absolute atomic E-state index is 0.0165. The summed E-state index contributed by atoms with van der Waals surface area (Å²) in [6, 6.07) is 4.52. The molecule has 1 heterocycles. The second kappa shape index (κ2) is 7.52. The number of rotatable bonds is 2. The molecule has 0 bridgehead atoms. The Balaban J connectivity index is 2.04. The largest absolute Gasteiger partial charge is 0.506 e. The fraction of sp³-hybridized carbons (Fsp3) is 0.556. The molecular weight excluding hydrogens is 344 g/mol. The van der Waals surface area contributed by atoms with E-state index in [9.17, 15) is 14.7 Å². The molecule has 0 saturated carbocycles. The number of halogens is 1. The van der Waals surface area contributed by atoms with Crippen LogP contribution in [0, 0.1) is 5.92 Å². The van der Waals surface area contributed by atoms with E-state index in [1.807, 2.05) is 27.7 Å². The first-order valence-corrected chi connectivity index (χ1v) is 8.73. The number of nitrogens with one attached hydrogen (secondary N) is 1. The minimum Gasteiger partial charge on any atom is -0.506 e. The summed E-state index contributed by atoms with van der Waals surface area (Å²) in [5, 5.41) is 13.0. The van der Waals surface area contributed by atoms with E-state index >= 15 is 0 Å². The molecule has 25 heavy (non-hydrogen) atoms. The van der Waals surface area contributed by atoms with Crippen molar-refractivity contribution >= 4 is 29.3 Å². The number of piperidine rings is 1. The Kier molecular flexibility index (Phi) is 5.83. The van der Waals surface area contributed by atoms with Crippen LogP contribution in [-0.2, 0) is 9.53 Å². The fourth-order valence-corrected chi connectivity index (χ4v) is 2.91. The van der Waals surface area contributed by atoms with Gasteiger partial charge in [-0.25, -0.2) is 4.79 Å². The first kappa shape index (κ1) is 19.4. The van der Waals surface area contributed by atoms with E-state index in [0.717, 1.165) is 0 Å². The van der Waals surface area contributed by atoms with Gasteiger partial charge in [0, 0.05) is 23.7 Å². The minimum atomic E-state index is -0.582. The van der Waals surface area contributed by atoms with E-state index in [-0.39, 0.29) is 30.2 Å². The van der Waals surface area contributed by atoms with Crippen molar-refractivity contribution in [3.05, 3.63) is 23.2 Å². The topological polar surface area (TPSA) is 78.9 Å². The summed E-state index contributed by atoms with van der Waals surface area (Å²) in [5.41, 5.74) is -0.280. The summed E-state index contributed by atoms with van der Waals surface area (Å²) >= 11 is 5.79. The summed E-state index contributed by atoms with van der Waals surface area (Å²) in [6.07, 6.45) is 0.969. The summed E-state index contributed by atoms with van der Waals surface area (Å²) < 4.78 is 5.43. The predicted octanol–water partition coefficient (Wildman–Crippen LogP) is 4.02. The second-order valence-corrected chi connectivity index (χ2v) is 7.84. The zero-order valence-electron chi connectivity index (χ0n) is 15.0. The van der Waals surface area contributed by atoms with Crippen molar-refractivity contribution in [2.75, 3.05) is 11.9 Å². The summed E-state index contributed by atoms with van der Waals surface area (Å²) in [7, 11) is 0. The third-order valence-electron chi connectivity index (χ3n) is 4.10. The highest BCUT2D eigenvalue weighted by Gasteiger charge is 2.35. The lowest BCUT2D eigenvalue weighted by Gasteiger charge is -2.38. The van der Waals surface area contributed by atoms with E-state index in [4.69, 9.17) is 16.3 Å². The number of phenolic OH excluding ortho intramolecular Hbond substituents is 1. The predicted molar refractivity (Wildman–Crippen MR) is 96.9 cm³/mol. The molecule has 6 nitrogen and oxygen atoms in total. The lowest BCUT2D eigenvalue weighted by atomic mass is 9.93. The standard InChI is InChI=1S/C18H25ClN2O4/c1-11-5-6-12(10-21(11)17(24)25-18(2,3)4)16(23)20-14-8-7-13(19)9-15(14)22/h7-9,11-12,22H,5-6,10H2,1-4H3,(H,20,23)/t11-,12-/m1/s1. The van der Waals surface area contributed by atoms with Crippen LogP contribution in [0.15, 0.2) is 18.2 Å². The van der Waals surface area contributed by atoms with E-state index in [1.165, 1.54) is 6.07 Å². The van der Waals surface area contributed by atoms with Crippen molar-refractivity contribution in [1.29, 1.82) is 0 Å².